The first kappa shape index (κ1) is 9.61. The van der Waals surface area contributed by atoms with Gasteiger partial charge in [-0.3, -0.25) is 0 Å². The summed E-state index contributed by atoms with van der Waals surface area (Å²) in [5.41, 5.74) is 0.689. The predicted molar refractivity (Wildman–Crippen MR) is 55.0 cm³/mol. The third-order valence-electron chi connectivity index (χ3n) is 1.24. The van der Waals surface area contributed by atoms with Crippen molar-refractivity contribution in [2.24, 2.45) is 0 Å². The van der Waals surface area contributed by atoms with Gasteiger partial charge < -0.3 is 0 Å². The Bertz CT molecular complexity index is 237. The molecule has 1 atom stereocenters. The third-order valence-corrected chi connectivity index (χ3v) is 2.28. The lowest BCUT2D eigenvalue weighted by Gasteiger charge is -2.10. The van der Waals surface area contributed by atoms with Crippen LogP contribution in [0.1, 0.15) is 5.56 Å². The van der Waals surface area contributed by atoms with Crippen molar-refractivity contribution in [1.82, 2.24) is 0 Å². The molecule has 0 spiro atoms. The molecule has 0 nitrogen and oxygen atoms in total. The lowest BCUT2D eigenvalue weighted by atomic mass is 10.2. The lowest BCUT2D eigenvalue weighted by molar-refractivity contribution is 1.25. The first-order valence-electron chi connectivity index (χ1n) is 2.93. The molecule has 4 heteroatoms. The first-order valence-corrected chi connectivity index (χ1v) is 4.64. The summed E-state index contributed by atoms with van der Waals surface area (Å²) in [5.74, 6) is 0. The Hall–Kier alpha value is 0.520. The lowest BCUT2D eigenvalue weighted by Crippen LogP contribution is -2.01. The average molecular weight is 227 g/mol. The molecule has 60 valence electrons. The number of hydrogen-bond acceptors (Lipinski definition) is 0. The van der Waals surface area contributed by atoms with Crippen LogP contribution in [-0.2, 0) is 3.79 Å². The van der Waals surface area contributed by atoms with Crippen molar-refractivity contribution in [2.75, 3.05) is 0 Å². The quantitative estimate of drug-likeness (QED) is 0.472. The molecule has 0 radical (unpaired) electrons. The zero-order valence-electron chi connectivity index (χ0n) is 5.52. The van der Waals surface area contributed by atoms with Crippen molar-refractivity contribution in [1.29, 1.82) is 0 Å². The smallest absolute Gasteiger partial charge is 0.106 e. The molecule has 0 aromatic heterocycles. The summed E-state index contributed by atoms with van der Waals surface area (Å²) in [4.78, 5) is 0. The van der Waals surface area contributed by atoms with Gasteiger partial charge in [0.2, 0.25) is 3.79 Å². The van der Waals surface area contributed by atoms with Gasteiger partial charge in [0.05, 0.1) is 0 Å². The number of alkyl halides is 3. The fourth-order valence-corrected chi connectivity index (χ4v) is 1.24. The summed E-state index contributed by atoms with van der Waals surface area (Å²) in [5, 5.41) is 1.07. The van der Waals surface area contributed by atoms with E-state index < -0.39 is 3.79 Å². The molecular weight excluding hydrogens is 221 g/mol. The Morgan fingerprint density at radius 1 is 1.00 bits per heavy atom. The summed E-state index contributed by atoms with van der Waals surface area (Å²) in [6, 6.07) is 7.33. The summed E-state index contributed by atoms with van der Waals surface area (Å²) in [6.45, 7) is 0. The number of benzene rings is 1. The molecule has 1 unspecified atom stereocenters. The van der Waals surface area contributed by atoms with E-state index in [-0.39, 0.29) is 0 Å². The SMILES string of the molecule is Pc1ccc(C(Cl)(Cl)Cl)cc1. The Balaban J connectivity index is 2.99. The van der Waals surface area contributed by atoms with Gasteiger partial charge in [0.15, 0.2) is 0 Å². The average Bonchev–Trinajstić information content (AvgIpc) is 1.86. The molecule has 0 aliphatic carbocycles. The number of rotatable bonds is 0. The van der Waals surface area contributed by atoms with E-state index >= 15 is 0 Å². The van der Waals surface area contributed by atoms with Gasteiger partial charge in [-0.05, 0) is 5.30 Å². The molecule has 1 aromatic rings. The van der Waals surface area contributed by atoms with Crippen molar-refractivity contribution in [3.05, 3.63) is 29.8 Å². The molecule has 0 saturated heterocycles. The molecule has 0 saturated carbocycles. The largest absolute Gasteiger partial charge is 0.216 e. The van der Waals surface area contributed by atoms with Gasteiger partial charge in [0.25, 0.3) is 0 Å². The van der Waals surface area contributed by atoms with Gasteiger partial charge in [0, 0.05) is 5.56 Å². The van der Waals surface area contributed by atoms with Gasteiger partial charge in [-0.15, -0.1) is 9.24 Å². The van der Waals surface area contributed by atoms with E-state index in [9.17, 15) is 0 Å². The van der Waals surface area contributed by atoms with Crippen LogP contribution in [0.15, 0.2) is 24.3 Å². The van der Waals surface area contributed by atoms with Crippen LogP contribution in [0.2, 0.25) is 0 Å². The fourth-order valence-electron chi connectivity index (χ4n) is 0.672. The Kier molecular flexibility index (Phi) is 3.05. The summed E-state index contributed by atoms with van der Waals surface area (Å²) >= 11 is 16.9. The van der Waals surface area contributed by atoms with Crippen LogP contribution in [0.25, 0.3) is 0 Å². The maximum atomic E-state index is 5.63. The molecule has 0 fully saturated rings. The minimum absolute atomic E-state index is 0.689. The monoisotopic (exact) mass is 226 g/mol. The van der Waals surface area contributed by atoms with Crippen LogP contribution in [0.4, 0.5) is 0 Å². The summed E-state index contributed by atoms with van der Waals surface area (Å²) < 4.78 is -1.31. The van der Waals surface area contributed by atoms with E-state index in [4.69, 9.17) is 34.8 Å². The Labute approximate surface area is 83.0 Å². The van der Waals surface area contributed by atoms with Crippen LogP contribution in [0, 0.1) is 0 Å². The second-order valence-corrected chi connectivity index (χ2v) is 5.07. The molecule has 1 rings (SSSR count). The predicted octanol–water partition coefficient (Wildman–Crippen LogP) is 3.01. The summed E-state index contributed by atoms with van der Waals surface area (Å²) in [6.07, 6.45) is 0. The van der Waals surface area contributed by atoms with E-state index in [1.54, 1.807) is 12.1 Å². The van der Waals surface area contributed by atoms with Crippen molar-refractivity contribution >= 4 is 49.3 Å². The molecule has 11 heavy (non-hydrogen) atoms. The van der Waals surface area contributed by atoms with Crippen LogP contribution >= 0.6 is 44.0 Å². The van der Waals surface area contributed by atoms with E-state index in [0.717, 1.165) is 5.30 Å². The molecular formula is C7H6Cl3P. The van der Waals surface area contributed by atoms with Crippen molar-refractivity contribution in [3.8, 4) is 0 Å². The molecule has 1 aromatic carbocycles. The van der Waals surface area contributed by atoms with Crippen LogP contribution in [0.3, 0.4) is 0 Å². The molecule has 0 N–H and O–H groups in total. The minimum Gasteiger partial charge on any atom is -0.106 e. The molecule has 0 bridgehead atoms. The standard InChI is InChI=1S/C7H6Cl3P/c8-7(9,10)5-1-3-6(11)4-2-5/h1-4H,11H2. The Morgan fingerprint density at radius 3 is 1.82 bits per heavy atom. The number of hydrogen-bond donors (Lipinski definition) is 0. The Morgan fingerprint density at radius 2 is 1.45 bits per heavy atom. The topological polar surface area (TPSA) is 0 Å². The van der Waals surface area contributed by atoms with Crippen LogP contribution < -0.4 is 5.30 Å². The van der Waals surface area contributed by atoms with E-state index in [2.05, 4.69) is 9.24 Å². The van der Waals surface area contributed by atoms with Crippen molar-refractivity contribution in [2.45, 2.75) is 3.79 Å². The van der Waals surface area contributed by atoms with Crippen LogP contribution in [0.5, 0.6) is 0 Å². The zero-order valence-corrected chi connectivity index (χ0v) is 8.94. The molecule has 0 heterocycles. The normalized spacial score (nSPS) is 11.6. The second kappa shape index (κ2) is 3.49. The molecule has 0 amide bonds. The maximum Gasteiger partial charge on any atom is 0.216 e. The van der Waals surface area contributed by atoms with E-state index in [1.807, 2.05) is 12.1 Å². The third kappa shape index (κ3) is 2.80. The molecule has 0 aliphatic heterocycles. The van der Waals surface area contributed by atoms with Crippen LogP contribution in [-0.4, -0.2) is 0 Å². The fraction of sp³-hybridized carbons (Fsp3) is 0.143. The highest BCUT2D eigenvalue weighted by molar-refractivity contribution is 7.27. The highest BCUT2D eigenvalue weighted by atomic mass is 35.6. The zero-order chi connectivity index (χ0) is 8.48. The highest BCUT2D eigenvalue weighted by Gasteiger charge is 2.21. The van der Waals surface area contributed by atoms with Gasteiger partial charge >= 0.3 is 0 Å². The first-order chi connectivity index (χ1) is 5.00. The van der Waals surface area contributed by atoms with Crippen molar-refractivity contribution < 1.29 is 0 Å². The molecule has 0 aliphatic rings. The van der Waals surface area contributed by atoms with Gasteiger partial charge in [-0.25, -0.2) is 0 Å². The maximum absolute atomic E-state index is 5.63. The second-order valence-electron chi connectivity index (χ2n) is 2.12. The minimum atomic E-state index is -1.31. The van der Waals surface area contributed by atoms with Gasteiger partial charge in [-0.2, -0.15) is 0 Å². The number of halogens is 3. The summed E-state index contributed by atoms with van der Waals surface area (Å²) in [7, 11) is 2.56. The van der Waals surface area contributed by atoms with Gasteiger partial charge in [-0.1, -0.05) is 59.1 Å². The van der Waals surface area contributed by atoms with E-state index in [1.165, 1.54) is 0 Å². The van der Waals surface area contributed by atoms with E-state index in [0.29, 0.717) is 5.56 Å². The van der Waals surface area contributed by atoms with Crippen molar-refractivity contribution in [3.63, 3.8) is 0 Å². The van der Waals surface area contributed by atoms with Gasteiger partial charge in [0.1, 0.15) is 0 Å². The highest BCUT2D eigenvalue weighted by Crippen LogP contribution is 2.37.